The highest BCUT2D eigenvalue weighted by Crippen LogP contribution is 2.45. The zero-order valence-electron chi connectivity index (χ0n) is 67.2. The summed E-state index contributed by atoms with van der Waals surface area (Å²) < 4.78 is 68.7. The molecule has 0 aromatic carbocycles. The van der Waals surface area contributed by atoms with Crippen LogP contribution in [-0.4, -0.2) is 96.7 Å². The fourth-order valence-corrected chi connectivity index (χ4v) is 14.3. The van der Waals surface area contributed by atoms with Crippen LogP contribution in [0.3, 0.4) is 0 Å². The molecule has 0 saturated heterocycles. The van der Waals surface area contributed by atoms with Gasteiger partial charge in [-0.25, -0.2) is 9.13 Å². The van der Waals surface area contributed by atoms with Crippen LogP contribution >= 0.6 is 15.6 Å². The first-order valence-electron chi connectivity index (χ1n) is 42.8. The smallest absolute Gasteiger partial charge is 0.462 e. The summed E-state index contributed by atoms with van der Waals surface area (Å²) in [4.78, 5) is 73.0. The van der Waals surface area contributed by atoms with Crippen LogP contribution in [0.4, 0.5) is 0 Å². The average Bonchev–Trinajstić information content (AvgIpc) is 0.917. The molecular formula is C83H162O17P2. The Morgan fingerprint density at radius 1 is 0.275 bits per heavy atom. The number of ether oxygens (including phenoxy) is 4. The summed E-state index contributed by atoms with van der Waals surface area (Å²) in [6.45, 7) is 14.3. The third kappa shape index (κ3) is 73.6. The summed E-state index contributed by atoms with van der Waals surface area (Å²) >= 11 is 0. The third-order valence-corrected chi connectivity index (χ3v) is 21.9. The Morgan fingerprint density at radius 2 is 0.471 bits per heavy atom. The molecule has 7 atom stereocenters. The standard InChI is InChI=1S/C83H162O17P2/c1-9-75(7)61-53-45-36-30-24-20-15-13-11-12-14-16-21-25-33-39-49-57-66-83(88)100-79(70-94-81(86)64-56-48-42-41-44-52-60-74(5)6)72-98-102(91,92)96-68-77(84)67-95-101(89,90)97-71-78(69-93-80(85)63-55-47-38-32-28-27-31-37-46-54-62-76(8)10-2)99-82(87)65-58-50-40-34-26-22-18-17-19-23-29-35-43-51-59-73(3)4/h73-79,84H,9-72H2,1-8H3,(H,89,90)(H,91,92)/t75?,76?,77-,78-,79-/m1/s1. The molecule has 17 nitrogen and oxygen atoms in total. The third-order valence-electron chi connectivity index (χ3n) is 20.0. The molecular weight excluding hydrogens is 1330 g/mol. The van der Waals surface area contributed by atoms with E-state index in [0.717, 1.165) is 114 Å². The van der Waals surface area contributed by atoms with Gasteiger partial charge in [-0.3, -0.25) is 37.3 Å². The summed E-state index contributed by atoms with van der Waals surface area (Å²) in [7, 11) is -9.92. The highest BCUT2D eigenvalue weighted by molar-refractivity contribution is 7.47. The van der Waals surface area contributed by atoms with E-state index in [9.17, 15) is 43.2 Å². The highest BCUT2D eigenvalue weighted by atomic mass is 31.2. The van der Waals surface area contributed by atoms with Crippen molar-refractivity contribution in [1.29, 1.82) is 0 Å². The quantitative estimate of drug-likeness (QED) is 0.0222. The van der Waals surface area contributed by atoms with Crippen molar-refractivity contribution >= 4 is 39.5 Å². The zero-order chi connectivity index (χ0) is 75.3. The van der Waals surface area contributed by atoms with E-state index >= 15 is 0 Å². The lowest BCUT2D eigenvalue weighted by Gasteiger charge is -2.21. The van der Waals surface area contributed by atoms with Gasteiger partial charge in [0, 0.05) is 25.7 Å². The van der Waals surface area contributed by atoms with Crippen LogP contribution in [0.25, 0.3) is 0 Å². The molecule has 0 aliphatic heterocycles. The number of phosphoric acid groups is 2. The van der Waals surface area contributed by atoms with Gasteiger partial charge < -0.3 is 33.8 Å². The zero-order valence-corrected chi connectivity index (χ0v) is 69.0. The largest absolute Gasteiger partial charge is 0.472 e. The van der Waals surface area contributed by atoms with E-state index in [1.807, 2.05) is 0 Å². The van der Waals surface area contributed by atoms with Gasteiger partial charge in [-0.2, -0.15) is 0 Å². The number of rotatable bonds is 80. The van der Waals surface area contributed by atoms with Crippen LogP contribution < -0.4 is 0 Å². The molecule has 102 heavy (non-hydrogen) atoms. The Bertz CT molecular complexity index is 1990. The first-order chi connectivity index (χ1) is 49.2. The second kappa shape index (κ2) is 72.0. The maximum Gasteiger partial charge on any atom is 0.472 e. The van der Waals surface area contributed by atoms with E-state index in [4.69, 9.17) is 37.0 Å². The molecule has 19 heteroatoms. The molecule has 4 unspecified atom stereocenters. The highest BCUT2D eigenvalue weighted by Gasteiger charge is 2.30. The van der Waals surface area contributed by atoms with Gasteiger partial charge in [0.05, 0.1) is 26.4 Å². The van der Waals surface area contributed by atoms with E-state index in [2.05, 4.69) is 55.4 Å². The van der Waals surface area contributed by atoms with Crippen molar-refractivity contribution in [3.05, 3.63) is 0 Å². The molecule has 0 bridgehead atoms. The van der Waals surface area contributed by atoms with Gasteiger partial charge in [0.2, 0.25) is 0 Å². The van der Waals surface area contributed by atoms with Crippen LogP contribution in [0.15, 0.2) is 0 Å². The second-order valence-electron chi connectivity index (χ2n) is 31.3. The Balaban J connectivity index is 5.19. The van der Waals surface area contributed by atoms with Crippen molar-refractivity contribution in [2.24, 2.45) is 23.7 Å². The fourth-order valence-electron chi connectivity index (χ4n) is 12.7. The molecule has 0 aliphatic rings. The monoisotopic (exact) mass is 1490 g/mol. The van der Waals surface area contributed by atoms with Gasteiger partial charge >= 0.3 is 39.5 Å². The maximum atomic E-state index is 13.1. The Labute approximate surface area is 626 Å². The molecule has 0 amide bonds. The summed E-state index contributed by atoms with van der Waals surface area (Å²) in [5.74, 6) is 1.04. The van der Waals surface area contributed by atoms with Crippen molar-refractivity contribution in [2.45, 2.75) is 446 Å². The van der Waals surface area contributed by atoms with Gasteiger partial charge in [-0.15, -0.1) is 0 Å². The maximum absolute atomic E-state index is 13.1. The molecule has 0 saturated carbocycles. The molecule has 0 aliphatic carbocycles. The van der Waals surface area contributed by atoms with Crippen LogP contribution in [0.2, 0.25) is 0 Å². The molecule has 3 N–H and O–H groups in total. The normalized spacial score (nSPS) is 14.5. The van der Waals surface area contributed by atoms with Crippen molar-refractivity contribution in [3.63, 3.8) is 0 Å². The van der Waals surface area contributed by atoms with Crippen molar-refractivity contribution in [1.82, 2.24) is 0 Å². The average molecular weight is 1490 g/mol. The van der Waals surface area contributed by atoms with Gasteiger partial charge in [0.1, 0.15) is 19.3 Å². The SMILES string of the molecule is CCC(C)CCCCCCCCCCCCCCCCCCCCC(=O)O[C@H](COC(=O)CCCCCCCCC(C)C)COP(=O)(O)OC[C@H](O)COP(=O)(O)OC[C@@H](COC(=O)CCCCCCCCCCCCC(C)CC)OC(=O)CCCCCCCCCCCCCCCCC(C)C. The van der Waals surface area contributed by atoms with Crippen LogP contribution in [0.1, 0.15) is 428 Å². The van der Waals surface area contributed by atoms with Crippen molar-refractivity contribution < 1.29 is 80.2 Å². The summed E-state index contributed by atoms with van der Waals surface area (Å²) in [5.41, 5.74) is 0. The fraction of sp³-hybridized carbons (Fsp3) is 0.952. The van der Waals surface area contributed by atoms with Crippen LogP contribution in [0, 0.1) is 23.7 Å². The van der Waals surface area contributed by atoms with Gasteiger partial charge in [0.25, 0.3) is 0 Å². The molecule has 0 heterocycles. The lowest BCUT2D eigenvalue weighted by atomic mass is 9.99. The second-order valence-corrected chi connectivity index (χ2v) is 34.2. The van der Waals surface area contributed by atoms with E-state index < -0.39 is 97.5 Å². The summed E-state index contributed by atoms with van der Waals surface area (Å²) in [6.07, 6.45) is 59.8. The number of carbonyl (C=O) groups is 4. The van der Waals surface area contributed by atoms with E-state index in [-0.39, 0.29) is 25.7 Å². The molecule has 0 spiro atoms. The predicted molar refractivity (Wildman–Crippen MR) is 418 cm³/mol. The number of carbonyl (C=O) groups excluding carboxylic acids is 4. The van der Waals surface area contributed by atoms with Crippen LogP contribution in [-0.2, 0) is 65.4 Å². The lowest BCUT2D eigenvalue weighted by Crippen LogP contribution is -2.30. The number of unbranched alkanes of at least 4 members (excludes halogenated alkanes) is 44. The molecule has 0 radical (unpaired) electrons. The molecule has 606 valence electrons. The molecule has 0 rings (SSSR count). The topological polar surface area (TPSA) is 237 Å². The van der Waals surface area contributed by atoms with Gasteiger partial charge in [-0.1, -0.05) is 376 Å². The van der Waals surface area contributed by atoms with Crippen molar-refractivity contribution in [2.75, 3.05) is 39.6 Å². The minimum Gasteiger partial charge on any atom is -0.462 e. The van der Waals surface area contributed by atoms with Crippen molar-refractivity contribution in [3.8, 4) is 0 Å². The number of aliphatic hydroxyl groups excluding tert-OH is 1. The first-order valence-corrected chi connectivity index (χ1v) is 45.8. The van der Waals surface area contributed by atoms with E-state index in [0.29, 0.717) is 31.6 Å². The molecule has 0 aromatic rings. The minimum absolute atomic E-state index is 0.107. The lowest BCUT2D eigenvalue weighted by molar-refractivity contribution is -0.161. The Morgan fingerprint density at radius 3 is 0.696 bits per heavy atom. The van der Waals surface area contributed by atoms with E-state index in [1.54, 1.807) is 0 Å². The Kier molecular flexibility index (Phi) is 70.6. The Hall–Kier alpha value is -1.94. The summed E-state index contributed by atoms with van der Waals surface area (Å²) in [6, 6.07) is 0. The number of aliphatic hydroxyl groups is 1. The number of phosphoric ester groups is 2. The number of hydrogen-bond donors (Lipinski definition) is 3. The molecule has 0 aromatic heterocycles. The van der Waals surface area contributed by atoms with E-state index in [1.165, 1.54) is 225 Å². The summed E-state index contributed by atoms with van der Waals surface area (Å²) in [5, 5.41) is 10.6. The van der Waals surface area contributed by atoms with Gasteiger partial charge in [-0.05, 0) is 49.4 Å². The number of esters is 4. The van der Waals surface area contributed by atoms with Crippen LogP contribution in [0.5, 0.6) is 0 Å². The predicted octanol–water partition coefficient (Wildman–Crippen LogP) is 24.8. The van der Waals surface area contributed by atoms with Gasteiger partial charge in [0.15, 0.2) is 12.2 Å². The molecule has 0 fully saturated rings. The first kappa shape index (κ1) is 100. The minimum atomic E-state index is -4.96. The number of hydrogen-bond acceptors (Lipinski definition) is 15.